The molecule has 37 heavy (non-hydrogen) atoms. The van der Waals surface area contributed by atoms with Gasteiger partial charge in [0.05, 0.1) is 11.9 Å². The number of thiophene rings is 1. The van der Waals surface area contributed by atoms with Gasteiger partial charge < -0.3 is 14.8 Å². The predicted octanol–water partition coefficient (Wildman–Crippen LogP) is 5.40. The van der Waals surface area contributed by atoms with Gasteiger partial charge in [-0.25, -0.2) is 4.98 Å². The summed E-state index contributed by atoms with van der Waals surface area (Å²) in [6.45, 7) is 3.51. The lowest BCUT2D eigenvalue weighted by Gasteiger charge is -2.25. The number of aromatic nitrogens is 2. The van der Waals surface area contributed by atoms with E-state index < -0.39 is 6.10 Å². The number of rotatable bonds is 10. The number of nitrogens with one attached hydrogen (secondary N) is 1. The minimum absolute atomic E-state index is 0.150. The first kappa shape index (κ1) is 24.9. The molecular weight excluding hydrogens is 482 g/mol. The number of H-pyrrole nitrogens is 1. The second kappa shape index (κ2) is 11.5. The Kier molecular flexibility index (Phi) is 7.75. The third kappa shape index (κ3) is 6.14. The van der Waals surface area contributed by atoms with Gasteiger partial charge in [0.15, 0.2) is 0 Å². The molecule has 0 aliphatic carbocycles. The van der Waals surface area contributed by atoms with Crippen LogP contribution in [-0.2, 0) is 13.1 Å². The van der Waals surface area contributed by atoms with Crippen LogP contribution in [0.4, 0.5) is 0 Å². The standard InChI is InChI=1S/C30H29N3O3S/c1-21-10-8-9-15-26(21)36-19-24(34)17-33(16-22-11-4-2-5-12-22)18-27-31-29(35)28-25(20-37-30(28)32-27)23-13-6-3-7-14-23/h2-15,20,24,34H,16-19H2,1H3,(H,31,32,35)/t24-/m1/s1. The number of benzene rings is 3. The van der Waals surface area contributed by atoms with Gasteiger partial charge in [0, 0.05) is 24.0 Å². The van der Waals surface area contributed by atoms with Crippen LogP contribution in [0.5, 0.6) is 5.75 Å². The molecule has 1 atom stereocenters. The lowest BCUT2D eigenvalue weighted by Crippen LogP contribution is -2.36. The molecule has 0 aliphatic rings. The van der Waals surface area contributed by atoms with Crippen molar-refractivity contribution >= 4 is 21.6 Å². The van der Waals surface area contributed by atoms with Gasteiger partial charge in [0.1, 0.15) is 29.1 Å². The van der Waals surface area contributed by atoms with Crippen molar-refractivity contribution in [1.82, 2.24) is 14.9 Å². The van der Waals surface area contributed by atoms with E-state index in [-0.39, 0.29) is 12.2 Å². The van der Waals surface area contributed by atoms with Gasteiger partial charge in [-0.15, -0.1) is 11.3 Å². The first-order valence-corrected chi connectivity index (χ1v) is 13.1. The molecule has 0 unspecified atom stereocenters. The van der Waals surface area contributed by atoms with E-state index in [1.165, 1.54) is 11.3 Å². The molecule has 0 aliphatic heterocycles. The number of aliphatic hydroxyl groups excluding tert-OH is 1. The van der Waals surface area contributed by atoms with Crippen LogP contribution < -0.4 is 10.3 Å². The largest absolute Gasteiger partial charge is 0.491 e. The summed E-state index contributed by atoms with van der Waals surface area (Å²) in [4.78, 5) is 23.7. The minimum Gasteiger partial charge on any atom is -0.491 e. The number of para-hydroxylation sites is 1. The first-order chi connectivity index (χ1) is 18.1. The number of ether oxygens (including phenoxy) is 1. The summed E-state index contributed by atoms with van der Waals surface area (Å²) in [5.41, 5.74) is 3.88. The van der Waals surface area contributed by atoms with Gasteiger partial charge >= 0.3 is 0 Å². The molecule has 2 aromatic heterocycles. The van der Waals surface area contributed by atoms with Gasteiger partial charge in [-0.3, -0.25) is 9.69 Å². The molecule has 2 N–H and O–H groups in total. The first-order valence-electron chi connectivity index (χ1n) is 12.3. The van der Waals surface area contributed by atoms with Crippen molar-refractivity contribution in [2.75, 3.05) is 13.2 Å². The second-order valence-corrected chi connectivity index (χ2v) is 9.95. The van der Waals surface area contributed by atoms with Crippen LogP contribution in [0.15, 0.2) is 95.1 Å². The Labute approximate surface area is 219 Å². The van der Waals surface area contributed by atoms with Crippen LogP contribution in [0.1, 0.15) is 17.0 Å². The van der Waals surface area contributed by atoms with E-state index in [1.807, 2.05) is 97.2 Å². The Morgan fingerprint density at radius 1 is 0.973 bits per heavy atom. The van der Waals surface area contributed by atoms with E-state index in [9.17, 15) is 9.90 Å². The topological polar surface area (TPSA) is 78.5 Å². The van der Waals surface area contributed by atoms with Gasteiger partial charge in [-0.05, 0) is 29.7 Å². The Morgan fingerprint density at radius 3 is 2.43 bits per heavy atom. The quantitative estimate of drug-likeness (QED) is 0.262. The summed E-state index contributed by atoms with van der Waals surface area (Å²) < 4.78 is 5.87. The fourth-order valence-electron chi connectivity index (χ4n) is 4.39. The number of nitrogens with zero attached hydrogens (tertiary/aromatic N) is 2. The van der Waals surface area contributed by atoms with E-state index in [4.69, 9.17) is 9.72 Å². The Morgan fingerprint density at radius 2 is 1.68 bits per heavy atom. The minimum atomic E-state index is -0.717. The lowest BCUT2D eigenvalue weighted by atomic mass is 10.1. The van der Waals surface area contributed by atoms with Crippen molar-refractivity contribution in [1.29, 1.82) is 0 Å². The van der Waals surface area contributed by atoms with Crippen LogP contribution in [0, 0.1) is 6.92 Å². The van der Waals surface area contributed by atoms with Gasteiger partial charge in [0.2, 0.25) is 0 Å². The van der Waals surface area contributed by atoms with Crippen molar-refractivity contribution in [3.8, 4) is 16.9 Å². The molecule has 7 heteroatoms. The van der Waals surface area contributed by atoms with Crippen LogP contribution in [0.2, 0.25) is 0 Å². The SMILES string of the molecule is Cc1ccccc1OC[C@H](O)CN(Cc1ccccc1)Cc1nc2scc(-c3ccccc3)c2c(=O)[nH]1. The zero-order valence-corrected chi connectivity index (χ0v) is 21.4. The molecule has 3 aromatic carbocycles. The number of aryl methyl sites for hydroxylation is 1. The molecule has 2 heterocycles. The average Bonchev–Trinajstić information content (AvgIpc) is 3.34. The highest BCUT2D eigenvalue weighted by molar-refractivity contribution is 7.17. The molecule has 0 spiro atoms. The summed E-state index contributed by atoms with van der Waals surface area (Å²) in [5.74, 6) is 1.33. The van der Waals surface area contributed by atoms with Crippen LogP contribution in [-0.4, -0.2) is 39.2 Å². The van der Waals surface area contributed by atoms with Crippen molar-refractivity contribution in [3.05, 3.63) is 118 Å². The fourth-order valence-corrected chi connectivity index (χ4v) is 5.36. The zero-order valence-electron chi connectivity index (χ0n) is 20.6. The smallest absolute Gasteiger partial charge is 0.260 e. The van der Waals surface area contributed by atoms with E-state index in [0.29, 0.717) is 35.7 Å². The molecule has 0 saturated carbocycles. The predicted molar refractivity (Wildman–Crippen MR) is 149 cm³/mol. The van der Waals surface area contributed by atoms with Crippen LogP contribution in [0.3, 0.4) is 0 Å². The van der Waals surface area contributed by atoms with Crippen LogP contribution >= 0.6 is 11.3 Å². The molecule has 0 fully saturated rings. The molecule has 0 saturated heterocycles. The molecular formula is C30H29N3O3S. The number of fused-ring (bicyclic) bond motifs is 1. The Balaban J connectivity index is 1.35. The molecule has 5 rings (SSSR count). The number of hydrogen-bond donors (Lipinski definition) is 2. The van der Waals surface area contributed by atoms with Crippen molar-refractivity contribution in [3.63, 3.8) is 0 Å². The van der Waals surface area contributed by atoms with E-state index in [0.717, 1.165) is 28.0 Å². The molecule has 0 radical (unpaired) electrons. The highest BCUT2D eigenvalue weighted by Crippen LogP contribution is 2.30. The summed E-state index contributed by atoms with van der Waals surface area (Å²) in [6.07, 6.45) is -0.717. The number of hydrogen-bond acceptors (Lipinski definition) is 6. The van der Waals surface area contributed by atoms with Crippen molar-refractivity contribution < 1.29 is 9.84 Å². The third-order valence-electron chi connectivity index (χ3n) is 6.19. The normalized spacial score (nSPS) is 12.2. The molecule has 5 aromatic rings. The summed E-state index contributed by atoms with van der Waals surface area (Å²) >= 11 is 1.47. The maximum atomic E-state index is 13.1. The van der Waals surface area contributed by atoms with Crippen molar-refractivity contribution in [2.24, 2.45) is 0 Å². The average molecular weight is 512 g/mol. The molecule has 0 amide bonds. The maximum absolute atomic E-state index is 13.1. The monoisotopic (exact) mass is 511 g/mol. The zero-order chi connectivity index (χ0) is 25.6. The highest BCUT2D eigenvalue weighted by atomic mass is 32.1. The second-order valence-electron chi connectivity index (χ2n) is 9.09. The summed E-state index contributed by atoms with van der Waals surface area (Å²) in [5, 5.41) is 13.4. The van der Waals surface area contributed by atoms with Crippen LogP contribution in [0.25, 0.3) is 21.3 Å². The molecule has 6 nitrogen and oxygen atoms in total. The van der Waals surface area contributed by atoms with E-state index in [1.54, 1.807) is 0 Å². The number of aliphatic hydroxyl groups is 1. The maximum Gasteiger partial charge on any atom is 0.260 e. The Hall–Kier alpha value is -3.78. The Bertz CT molecular complexity index is 1520. The molecule has 188 valence electrons. The van der Waals surface area contributed by atoms with Gasteiger partial charge in [-0.2, -0.15) is 0 Å². The summed E-state index contributed by atoms with van der Waals surface area (Å²) in [6, 6.07) is 27.7. The molecule has 0 bridgehead atoms. The highest BCUT2D eigenvalue weighted by Gasteiger charge is 2.18. The van der Waals surface area contributed by atoms with E-state index in [2.05, 4.69) is 9.88 Å². The number of aromatic amines is 1. The fraction of sp³-hybridized carbons (Fsp3) is 0.200. The third-order valence-corrected chi connectivity index (χ3v) is 7.07. The van der Waals surface area contributed by atoms with Gasteiger partial charge in [0.25, 0.3) is 5.56 Å². The summed E-state index contributed by atoms with van der Waals surface area (Å²) in [7, 11) is 0. The lowest BCUT2D eigenvalue weighted by molar-refractivity contribution is 0.0617. The van der Waals surface area contributed by atoms with E-state index >= 15 is 0 Å². The van der Waals surface area contributed by atoms with Gasteiger partial charge in [-0.1, -0.05) is 78.9 Å². The van der Waals surface area contributed by atoms with Crippen molar-refractivity contribution in [2.45, 2.75) is 26.1 Å².